The summed E-state index contributed by atoms with van der Waals surface area (Å²) >= 11 is 1.93. The molecule has 1 spiro atoms. The lowest BCUT2D eigenvalue weighted by atomic mass is 9.62. The second-order valence-electron chi connectivity index (χ2n) is 13.6. The van der Waals surface area contributed by atoms with Gasteiger partial charge in [0.1, 0.15) is 0 Å². The first kappa shape index (κ1) is 26.9. The van der Waals surface area contributed by atoms with Gasteiger partial charge in [-0.15, -0.1) is 0 Å². The van der Waals surface area contributed by atoms with Crippen molar-refractivity contribution in [3.8, 4) is 11.4 Å². The summed E-state index contributed by atoms with van der Waals surface area (Å²) in [6.07, 6.45) is 0. The largest absolute Gasteiger partial charge is 0.309 e. The van der Waals surface area contributed by atoms with Crippen LogP contribution in [0.25, 0.3) is 65.8 Å². The molecule has 4 heterocycles. The van der Waals surface area contributed by atoms with Gasteiger partial charge in [-0.1, -0.05) is 145 Å². The Morgan fingerprint density at radius 1 is 0.400 bits per heavy atom. The first-order valence-electron chi connectivity index (χ1n) is 17.3. The van der Waals surface area contributed by atoms with E-state index in [1.54, 1.807) is 0 Å². The summed E-state index contributed by atoms with van der Waals surface area (Å²) < 4.78 is 5.05. The van der Waals surface area contributed by atoms with Crippen molar-refractivity contribution in [2.75, 3.05) is 0 Å². The van der Waals surface area contributed by atoms with Gasteiger partial charge < -0.3 is 9.13 Å². The highest BCUT2D eigenvalue weighted by atomic mass is 32.2. The van der Waals surface area contributed by atoms with Crippen molar-refractivity contribution in [2.45, 2.75) is 15.2 Å². The Morgan fingerprint density at radius 2 is 1.04 bits per heavy atom. The average molecular weight is 653 g/mol. The monoisotopic (exact) mass is 652 g/mol. The second-order valence-corrected chi connectivity index (χ2v) is 14.7. The fraction of sp³-hybridized carbons (Fsp3) is 0.0213. The van der Waals surface area contributed by atoms with Crippen molar-refractivity contribution < 1.29 is 0 Å². The fourth-order valence-corrected chi connectivity index (χ4v) is 10.7. The summed E-state index contributed by atoms with van der Waals surface area (Å²) in [5.74, 6) is 0. The summed E-state index contributed by atoms with van der Waals surface area (Å²) in [5, 5.41) is 7.65. The molecule has 8 aromatic carbocycles. The summed E-state index contributed by atoms with van der Waals surface area (Å²) in [6, 6.07) is 63.5. The van der Waals surface area contributed by atoms with Gasteiger partial charge in [0.25, 0.3) is 0 Å². The fourth-order valence-electron chi connectivity index (χ4n) is 9.41. The first-order chi connectivity index (χ1) is 24.8. The number of rotatable bonds is 1. The number of nitrogens with zero attached hydrogens (tertiary/aromatic N) is 2. The number of hydrogen-bond donors (Lipinski definition) is 0. The lowest BCUT2D eigenvalue weighted by molar-refractivity contribution is 0.691. The summed E-state index contributed by atoms with van der Waals surface area (Å²) in [6.45, 7) is 0. The third-order valence-electron chi connectivity index (χ3n) is 11.3. The Morgan fingerprint density at radius 3 is 1.90 bits per heavy atom. The Bertz CT molecular complexity index is 3090. The summed E-state index contributed by atoms with van der Waals surface area (Å²) in [4.78, 5) is 2.63. The molecule has 0 saturated carbocycles. The van der Waals surface area contributed by atoms with Crippen LogP contribution < -0.4 is 0 Å². The van der Waals surface area contributed by atoms with E-state index in [9.17, 15) is 0 Å². The third kappa shape index (κ3) is 3.17. The predicted octanol–water partition coefficient (Wildman–Crippen LogP) is 12.2. The van der Waals surface area contributed by atoms with Gasteiger partial charge in [-0.25, -0.2) is 0 Å². The maximum absolute atomic E-state index is 2.52. The number of benzene rings is 8. The molecule has 0 amide bonds. The SMILES string of the molecule is c1ccc2c(c1)Sc1c(ccc3c4ccccc4n(-c4ccc5ccccc5c4)c13)C21c2ccccc2-n2c3ccccc3c3cccc1c32. The molecule has 232 valence electrons. The van der Waals surface area contributed by atoms with Gasteiger partial charge in [-0.3, -0.25) is 0 Å². The molecule has 2 aliphatic heterocycles. The Balaban J connectivity index is 1.30. The van der Waals surface area contributed by atoms with Crippen LogP contribution in [0.4, 0.5) is 0 Å². The van der Waals surface area contributed by atoms with E-state index in [0.29, 0.717) is 0 Å². The molecule has 2 nitrogen and oxygen atoms in total. The highest BCUT2D eigenvalue weighted by molar-refractivity contribution is 7.99. The summed E-state index contributed by atoms with van der Waals surface area (Å²) in [5.41, 5.74) is 12.3. The maximum atomic E-state index is 2.52. The van der Waals surface area contributed by atoms with Crippen LogP contribution in [-0.2, 0) is 5.41 Å². The molecule has 0 N–H and O–H groups in total. The van der Waals surface area contributed by atoms with E-state index in [4.69, 9.17) is 0 Å². The van der Waals surface area contributed by atoms with Crippen molar-refractivity contribution in [1.29, 1.82) is 0 Å². The van der Waals surface area contributed by atoms with E-state index in [-0.39, 0.29) is 0 Å². The van der Waals surface area contributed by atoms with Gasteiger partial charge in [0.15, 0.2) is 0 Å². The molecule has 2 aromatic heterocycles. The molecule has 1 unspecified atom stereocenters. The van der Waals surface area contributed by atoms with Crippen LogP contribution in [0.1, 0.15) is 22.3 Å². The molecule has 10 aromatic rings. The van der Waals surface area contributed by atoms with Crippen LogP contribution in [0.3, 0.4) is 0 Å². The minimum atomic E-state index is -0.517. The average Bonchev–Trinajstić information content (AvgIpc) is 3.70. The zero-order valence-electron chi connectivity index (χ0n) is 27.0. The molecule has 0 saturated heterocycles. The highest BCUT2D eigenvalue weighted by Crippen LogP contribution is 2.62. The van der Waals surface area contributed by atoms with Crippen molar-refractivity contribution in [1.82, 2.24) is 9.13 Å². The van der Waals surface area contributed by atoms with E-state index in [1.807, 2.05) is 11.8 Å². The van der Waals surface area contributed by atoms with E-state index in [2.05, 4.69) is 179 Å². The Labute approximate surface area is 292 Å². The quantitative estimate of drug-likeness (QED) is 0.172. The molecule has 12 rings (SSSR count). The molecule has 2 aliphatic rings. The number of aromatic nitrogens is 2. The van der Waals surface area contributed by atoms with Crippen molar-refractivity contribution in [2.24, 2.45) is 0 Å². The minimum Gasteiger partial charge on any atom is -0.309 e. The lowest BCUT2D eigenvalue weighted by Gasteiger charge is -2.45. The third-order valence-corrected chi connectivity index (χ3v) is 12.5. The van der Waals surface area contributed by atoms with Crippen LogP contribution in [0.5, 0.6) is 0 Å². The zero-order chi connectivity index (χ0) is 32.6. The van der Waals surface area contributed by atoms with Crippen molar-refractivity contribution >= 4 is 66.1 Å². The minimum absolute atomic E-state index is 0.517. The molecule has 0 aliphatic carbocycles. The maximum Gasteiger partial charge on any atom is 0.0765 e. The van der Waals surface area contributed by atoms with E-state index in [0.717, 1.165) is 0 Å². The van der Waals surface area contributed by atoms with Gasteiger partial charge in [0.2, 0.25) is 0 Å². The van der Waals surface area contributed by atoms with Crippen LogP contribution in [0.15, 0.2) is 180 Å². The van der Waals surface area contributed by atoms with E-state index in [1.165, 1.54) is 97.8 Å². The molecule has 0 fully saturated rings. The van der Waals surface area contributed by atoms with Crippen LogP contribution in [0.2, 0.25) is 0 Å². The predicted molar refractivity (Wildman–Crippen MR) is 209 cm³/mol. The van der Waals surface area contributed by atoms with Crippen LogP contribution in [0, 0.1) is 0 Å². The van der Waals surface area contributed by atoms with E-state index < -0.39 is 5.41 Å². The summed E-state index contributed by atoms with van der Waals surface area (Å²) in [7, 11) is 0. The Kier molecular flexibility index (Phi) is 5.14. The Hall–Kier alpha value is -6.03. The second kappa shape index (κ2) is 9.56. The van der Waals surface area contributed by atoms with E-state index >= 15 is 0 Å². The first-order valence-corrected chi connectivity index (χ1v) is 18.1. The molecule has 0 bridgehead atoms. The van der Waals surface area contributed by atoms with Gasteiger partial charge in [0, 0.05) is 37.0 Å². The number of para-hydroxylation sites is 4. The van der Waals surface area contributed by atoms with Gasteiger partial charge in [-0.05, 0) is 69.4 Å². The molecule has 50 heavy (non-hydrogen) atoms. The van der Waals surface area contributed by atoms with Crippen molar-refractivity contribution in [3.63, 3.8) is 0 Å². The lowest BCUT2D eigenvalue weighted by Crippen LogP contribution is -2.37. The number of fused-ring (bicyclic) bond motifs is 16. The van der Waals surface area contributed by atoms with Gasteiger partial charge in [-0.2, -0.15) is 0 Å². The zero-order valence-corrected chi connectivity index (χ0v) is 27.8. The number of hydrogen-bond acceptors (Lipinski definition) is 1. The molecule has 1 atom stereocenters. The standard InChI is InChI=1S/C47H28N2S/c1-2-13-30-28-31(25-24-29(30)12-1)48-40-20-7-3-15-33(40)35-26-27-39-46(45(35)48)50-43-23-10-6-18-37(43)47(39)36-17-5-9-22-42(36)49-41-21-8-4-14-32(41)34-16-11-19-38(47)44(34)49/h1-28H. The van der Waals surface area contributed by atoms with Gasteiger partial charge >= 0.3 is 0 Å². The molecular formula is C47H28N2S. The smallest absolute Gasteiger partial charge is 0.0765 e. The van der Waals surface area contributed by atoms with Crippen molar-refractivity contribution in [3.05, 3.63) is 192 Å². The highest BCUT2D eigenvalue weighted by Gasteiger charge is 2.50. The molecule has 3 heteroatoms. The van der Waals surface area contributed by atoms with Gasteiger partial charge in [0.05, 0.1) is 33.2 Å². The van der Waals surface area contributed by atoms with Crippen LogP contribution in [-0.4, -0.2) is 9.13 Å². The molecular weight excluding hydrogens is 625 g/mol. The normalized spacial score (nSPS) is 16.0. The van der Waals surface area contributed by atoms with Crippen LogP contribution >= 0.6 is 11.8 Å². The molecule has 0 radical (unpaired) electrons. The topological polar surface area (TPSA) is 9.86 Å².